The van der Waals surface area contributed by atoms with Crippen LogP contribution in [-0.2, 0) is 16.6 Å². The molecule has 0 aliphatic rings. The monoisotopic (exact) mass is 390 g/mol. The largest absolute Gasteiger partial charge is 0.490 e. The summed E-state index contributed by atoms with van der Waals surface area (Å²) in [7, 11) is 0. The second-order valence-electron chi connectivity index (χ2n) is 7.59. The predicted molar refractivity (Wildman–Crippen MR) is 108 cm³/mol. The van der Waals surface area contributed by atoms with Gasteiger partial charge in [-0.05, 0) is 59.7 Å². The van der Waals surface area contributed by atoms with Crippen molar-refractivity contribution in [1.82, 2.24) is 0 Å². The number of halogens is 1. The average molecular weight is 391 g/mol. The van der Waals surface area contributed by atoms with Gasteiger partial charge < -0.3 is 14.6 Å². The van der Waals surface area contributed by atoms with Gasteiger partial charge in [0.1, 0.15) is 24.7 Å². The highest BCUT2D eigenvalue weighted by Crippen LogP contribution is 2.32. The molecule has 2 rings (SSSR count). The van der Waals surface area contributed by atoms with E-state index in [0.29, 0.717) is 30.4 Å². The van der Waals surface area contributed by atoms with Crippen LogP contribution >= 0.6 is 11.6 Å². The van der Waals surface area contributed by atoms with E-state index in [4.69, 9.17) is 26.2 Å². The third-order valence-corrected chi connectivity index (χ3v) is 4.41. The number of rotatable bonds is 8. The van der Waals surface area contributed by atoms with Crippen molar-refractivity contribution in [3.05, 3.63) is 58.1 Å². The summed E-state index contributed by atoms with van der Waals surface area (Å²) in [6, 6.07) is 11.5. The molecule has 2 aromatic carbocycles. The summed E-state index contributed by atoms with van der Waals surface area (Å²) in [5, 5.41) is 9.46. The first kappa shape index (κ1) is 21.1. The lowest BCUT2D eigenvalue weighted by molar-refractivity contribution is -0.136. The molecule has 0 bridgehead atoms. The Hall–Kier alpha value is -2.20. The molecule has 0 unspecified atom stereocenters. The Morgan fingerprint density at radius 1 is 1.04 bits per heavy atom. The number of aryl methyl sites for hydroxylation is 2. The van der Waals surface area contributed by atoms with Gasteiger partial charge in [0.15, 0.2) is 0 Å². The summed E-state index contributed by atoms with van der Waals surface area (Å²) in [6.45, 7) is 9.27. The molecule has 0 radical (unpaired) electrons. The van der Waals surface area contributed by atoms with E-state index in [2.05, 4.69) is 32.9 Å². The Labute approximate surface area is 166 Å². The summed E-state index contributed by atoms with van der Waals surface area (Å²) in [6.07, 6.45) is 0.406. The molecular formula is C22H27ClO4. The van der Waals surface area contributed by atoms with Crippen LogP contribution in [0.15, 0.2) is 36.4 Å². The third kappa shape index (κ3) is 6.47. The zero-order valence-electron chi connectivity index (χ0n) is 16.3. The smallest absolute Gasteiger partial charge is 0.303 e. The molecule has 146 valence electrons. The van der Waals surface area contributed by atoms with Crippen molar-refractivity contribution in [3.8, 4) is 11.5 Å². The van der Waals surface area contributed by atoms with Crippen LogP contribution in [0.4, 0.5) is 0 Å². The molecule has 0 heterocycles. The van der Waals surface area contributed by atoms with Crippen LogP contribution in [0, 0.1) is 6.92 Å². The molecule has 0 spiro atoms. The minimum Gasteiger partial charge on any atom is -0.490 e. The van der Waals surface area contributed by atoms with E-state index in [1.165, 1.54) is 0 Å². The van der Waals surface area contributed by atoms with Crippen LogP contribution in [0.3, 0.4) is 0 Å². The molecule has 0 saturated carbocycles. The first-order valence-corrected chi connectivity index (χ1v) is 9.41. The van der Waals surface area contributed by atoms with Crippen LogP contribution in [0.5, 0.6) is 11.5 Å². The van der Waals surface area contributed by atoms with E-state index in [1.54, 1.807) is 18.2 Å². The maximum Gasteiger partial charge on any atom is 0.303 e. The minimum atomic E-state index is -0.849. The van der Waals surface area contributed by atoms with Crippen LogP contribution in [0.1, 0.15) is 43.9 Å². The van der Waals surface area contributed by atoms with Crippen LogP contribution in [0.2, 0.25) is 5.02 Å². The standard InChI is InChI=1S/C22H27ClO4/c1-15-5-8-18(22(2,3)4)20(13-15)27-12-11-26-19-9-7-17(23)14-16(19)6-10-21(24)25/h5,7-9,13-14H,6,10-12H2,1-4H3,(H,24,25). The Bertz CT molecular complexity index is 793. The fourth-order valence-electron chi connectivity index (χ4n) is 2.80. The van der Waals surface area contributed by atoms with Crippen molar-refractivity contribution in [1.29, 1.82) is 0 Å². The van der Waals surface area contributed by atoms with E-state index in [-0.39, 0.29) is 11.8 Å². The van der Waals surface area contributed by atoms with Gasteiger partial charge in [-0.1, -0.05) is 44.5 Å². The number of ether oxygens (including phenoxy) is 2. The molecule has 27 heavy (non-hydrogen) atoms. The lowest BCUT2D eigenvalue weighted by Crippen LogP contribution is -2.16. The van der Waals surface area contributed by atoms with E-state index in [0.717, 1.165) is 22.4 Å². The molecule has 5 heteroatoms. The van der Waals surface area contributed by atoms with E-state index < -0.39 is 5.97 Å². The molecule has 0 aliphatic carbocycles. The number of carboxylic acids is 1. The molecular weight excluding hydrogens is 364 g/mol. The van der Waals surface area contributed by atoms with Crippen molar-refractivity contribution in [3.63, 3.8) is 0 Å². The molecule has 0 aliphatic heterocycles. The zero-order valence-corrected chi connectivity index (χ0v) is 17.1. The lowest BCUT2D eigenvalue weighted by Gasteiger charge is -2.23. The molecule has 1 N–H and O–H groups in total. The second kappa shape index (κ2) is 9.14. The highest BCUT2D eigenvalue weighted by atomic mass is 35.5. The fraction of sp³-hybridized carbons (Fsp3) is 0.409. The SMILES string of the molecule is Cc1ccc(C(C)(C)C)c(OCCOc2ccc(Cl)cc2CCC(=O)O)c1. The van der Waals surface area contributed by atoms with Crippen LogP contribution in [0.25, 0.3) is 0 Å². The van der Waals surface area contributed by atoms with Crippen molar-refractivity contribution in [2.75, 3.05) is 13.2 Å². The minimum absolute atomic E-state index is 0.00985. The van der Waals surface area contributed by atoms with E-state index >= 15 is 0 Å². The van der Waals surface area contributed by atoms with Gasteiger partial charge in [-0.25, -0.2) is 0 Å². The van der Waals surface area contributed by atoms with E-state index in [9.17, 15) is 4.79 Å². The van der Waals surface area contributed by atoms with Gasteiger partial charge in [0, 0.05) is 11.4 Å². The summed E-state index contributed by atoms with van der Waals surface area (Å²) in [5.41, 5.74) is 3.08. The van der Waals surface area contributed by atoms with Crippen molar-refractivity contribution in [2.45, 2.75) is 46.0 Å². The summed E-state index contributed by atoms with van der Waals surface area (Å²) in [5.74, 6) is 0.663. The number of hydrogen-bond donors (Lipinski definition) is 1. The molecule has 4 nitrogen and oxygen atoms in total. The highest BCUT2D eigenvalue weighted by Gasteiger charge is 2.19. The lowest BCUT2D eigenvalue weighted by atomic mass is 9.86. The Morgan fingerprint density at radius 2 is 1.70 bits per heavy atom. The van der Waals surface area contributed by atoms with Crippen molar-refractivity contribution in [2.24, 2.45) is 0 Å². The molecule has 2 aromatic rings. The summed E-state index contributed by atoms with van der Waals surface area (Å²) < 4.78 is 11.8. The summed E-state index contributed by atoms with van der Waals surface area (Å²) >= 11 is 6.02. The summed E-state index contributed by atoms with van der Waals surface area (Å²) in [4.78, 5) is 10.8. The maximum absolute atomic E-state index is 10.8. The Morgan fingerprint density at radius 3 is 2.33 bits per heavy atom. The number of aliphatic carboxylic acids is 1. The predicted octanol–water partition coefficient (Wildman–Crippen LogP) is 5.42. The zero-order chi connectivity index (χ0) is 20.0. The molecule has 0 saturated heterocycles. The van der Waals surface area contributed by atoms with Crippen LogP contribution < -0.4 is 9.47 Å². The maximum atomic E-state index is 10.8. The third-order valence-electron chi connectivity index (χ3n) is 4.17. The van der Waals surface area contributed by atoms with Crippen molar-refractivity contribution < 1.29 is 19.4 Å². The van der Waals surface area contributed by atoms with Gasteiger partial charge in [-0.15, -0.1) is 0 Å². The average Bonchev–Trinajstić information content (AvgIpc) is 2.57. The van der Waals surface area contributed by atoms with E-state index in [1.807, 2.05) is 13.0 Å². The molecule has 0 fully saturated rings. The first-order chi connectivity index (χ1) is 12.7. The van der Waals surface area contributed by atoms with Gasteiger partial charge in [-0.3, -0.25) is 4.79 Å². The van der Waals surface area contributed by atoms with Gasteiger partial charge >= 0.3 is 5.97 Å². The fourth-order valence-corrected chi connectivity index (χ4v) is 2.99. The second-order valence-corrected chi connectivity index (χ2v) is 8.03. The number of carboxylic acid groups (broad SMARTS) is 1. The highest BCUT2D eigenvalue weighted by molar-refractivity contribution is 6.30. The number of benzene rings is 2. The number of hydrogen-bond acceptors (Lipinski definition) is 3. The van der Waals surface area contributed by atoms with Gasteiger partial charge in [0.05, 0.1) is 0 Å². The number of carbonyl (C=O) groups is 1. The van der Waals surface area contributed by atoms with Crippen LogP contribution in [-0.4, -0.2) is 24.3 Å². The first-order valence-electron chi connectivity index (χ1n) is 9.04. The van der Waals surface area contributed by atoms with Gasteiger partial charge in [0.25, 0.3) is 0 Å². The molecule has 0 aromatic heterocycles. The van der Waals surface area contributed by atoms with Gasteiger partial charge in [-0.2, -0.15) is 0 Å². The quantitative estimate of drug-likeness (QED) is 0.611. The topological polar surface area (TPSA) is 55.8 Å². The normalized spacial score (nSPS) is 11.3. The molecule has 0 amide bonds. The molecule has 0 atom stereocenters. The Kier molecular flexibility index (Phi) is 7.14. The van der Waals surface area contributed by atoms with Gasteiger partial charge in [0.2, 0.25) is 0 Å². The van der Waals surface area contributed by atoms with Crippen molar-refractivity contribution >= 4 is 17.6 Å². The Balaban J connectivity index is 2.00.